The fraction of sp³-hybridized carbons (Fsp3) is 0.600. The summed E-state index contributed by atoms with van der Waals surface area (Å²) < 4.78 is 6.29. The lowest BCUT2D eigenvalue weighted by Crippen LogP contribution is -2.28. The molecule has 1 aliphatic carbocycles. The molecule has 0 spiro atoms. The lowest BCUT2D eigenvalue weighted by Gasteiger charge is -2.26. The van der Waals surface area contributed by atoms with Crippen molar-refractivity contribution in [2.75, 3.05) is 25.0 Å². The molecule has 6 nitrogen and oxygen atoms in total. The van der Waals surface area contributed by atoms with Crippen LogP contribution in [0.4, 0.5) is 5.95 Å². The Morgan fingerprint density at radius 3 is 2.85 bits per heavy atom. The summed E-state index contributed by atoms with van der Waals surface area (Å²) in [5, 5.41) is 14.1. The van der Waals surface area contributed by atoms with E-state index in [4.69, 9.17) is 9.72 Å². The molecule has 6 heteroatoms. The largest absolute Gasteiger partial charge is 0.487 e. The summed E-state index contributed by atoms with van der Waals surface area (Å²) in [5.41, 5.74) is 0.871. The average molecular weight is 356 g/mol. The molecule has 1 aromatic carbocycles. The van der Waals surface area contributed by atoms with Crippen molar-refractivity contribution in [3.8, 4) is 5.75 Å². The maximum Gasteiger partial charge on any atom is 0.223 e. The highest BCUT2D eigenvalue weighted by atomic mass is 16.5. The molecule has 1 saturated heterocycles. The summed E-state index contributed by atoms with van der Waals surface area (Å²) in [4.78, 5) is 11.6. The van der Waals surface area contributed by atoms with E-state index in [1.165, 1.54) is 0 Å². The standard InChI is InChI=1S/C20H28N4O2/c1-2-24-11-10-17(13-24)26-18-5-3-4-14-12-21-20(23-19(14)18)22-15-6-8-16(25)9-7-15/h3-5,12,15-17,25H,2,6-11,13H2,1H3,(H,21,22,23). The van der Waals surface area contributed by atoms with Crippen molar-refractivity contribution < 1.29 is 9.84 Å². The van der Waals surface area contributed by atoms with Gasteiger partial charge in [0.05, 0.1) is 6.10 Å². The maximum atomic E-state index is 9.66. The van der Waals surface area contributed by atoms with E-state index in [2.05, 4.69) is 22.1 Å². The predicted octanol–water partition coefficient (Wildman–Crippen LogP) is 2.82. The fourth-order valence-corrected chi connectivity index (χ4v) is 3.96. The van der Waals surface area contributed by atoms with Gasteiger partial charge in [0.15, 0.2) is 0 Å². The molecule has 2 fully saturated rings. The monoisotopic (exact) mass is 356 g/mol. The van der Waals surface area contributed by atoms with Crippen molar-refractivity contribution in [2.24, 2.45) is 0 Å². The van der Waals surface area contributed by atoms with Gasteiger partial charge in [-0.15, -0.1) is 0 Å². The van der Waals surface area contributed by atoms with Crippen LogP contribution in [-0.4, -0.2) is 57.9 Å². The van der Waals surface area contributed by atoms with Gasteiger partial charge in [0.25, 0.3) is 0 Å². The van der Waals surface area contributed by atoms with Crippen LogP contribution in [-0.2, 0) is 0 Å². The number of likely N-dealkylation sites (N-methyl/N-ethyl adjacent to an activating group) is 1. The second-order valence-electron chi connectivity index (χ2n) is 7.46. The zero-order valence-electron chi connectivity index (χ0n) is 15.4. The van der Waals surface area contributed by atoms with Crippen LogP contribution in [0.5, 0.6) is 5.75 Å². The molecule has 2 aromatic rings. The molecule has 1 aliphatic heterocycles. The van der Waals surface area contributed by atoms with Crippen molar-refractivity contribution in [3.63, 3.8) is 0 Å². The molecule has 0 bridgehead atoms. The predicted molar refractivity (Wildman–Crippen MR) is 103 cm³/mol. The highest BCUT2D eigenvalue weighted by molar-refractivity contribution is 5.84. The topological polar surface area (TPSA) is 70.5 Å². The second-order valence-corrected chi connectivity index (χ2v) is 7.46. The number of aliphatic hydroxyl groups is 1. The van der Waals surface area contributed by atoms with Gasteiger partial charge in [-0.05, 0) is 44.7 Å². The van der Waals surface area contributed by atoms with Gasteiger partial charge in [0, 0.05) is 30.7 Å². The molecule has 0 radical (unpaired) electrons. The minimum atomic E-state index is -0.153. The number of rotatable bonds is 5. The normalized spacial score (nSPS) is 26.9. The Kier molecular flexibility index (Phi) is 5.22. The number of nitrogens with one attached hydrogen (secondary N) is 1. The Morgan fingerprint density at radius 2 is 2.08 bits per heavy atom. The van der Waals surface area contributed by atoms with Crippen molar-refractivity contribution in [3.05, 3.63) is 24.4 Å². The third-order valence-corrected chi connectivity index (χ3v) is 5.57. The molecule has 0 amide bonds. The number of fused-ring (bicyclic) bond motifs is 1. The Bertz CT molecular complexity index is 746. The number of ether oxygens (including phenoxy) is 1. The van der Waals surface area contributed by atoms with Crippen LogP contribution in [0.25, 0.3) is 10.9 Å². The molecule has 2 heterocycles. The minimum Gasteiger partial charge on any atom is -0.487 e. The summed E-state index contributed by atoms with van der Waals surface area (Å²) in [6.45, 7) is 5.34. The quantitative estimate of drug-likeness (QED) is 0.858. The molecule has 4 rings (SSSR count). The SMILES string of the molecule is CCN1CCC(Oc2cccc3cnc(NC4CCC(O)CC4)nc23)C1. The Labute approximate surface area is 154 Å². The average Bonchev–Trinajstić information content (AvgIpc) is 3.12. The molecule has 2 N–H and O–H groups in total. The van der Waals surface area contributed by atoms with Crippen molar-refractivity contribution in [2.45, 2.75) is 57.3 Å². The van der Waals surface area contributed by atoms with Gasteiger partial charge in [0.1, 0.15) is 17.4 Å². The molecule has 1 unspecified atom stereocenters. The molecule has 1 saturated carbocycles. The number of para-hydroxylation sites is 1. The van der Waals surface area contributed by atoms with E-state index >= 15 is 0 Å². The first-order valence-electron chi connectivity index (χ1n) is 9.80. The minimum absolute atomic E-state index is 0.153. The van der Waals surface area contributed by atoms with E-state index in [9.17, 15) is 5.11 Å². The molecule has 1 atom stereocenters. The first-order valence-corrected chi connectivity index (χ1v) is 9.80. The third-order valence-electron chi connectivity index (χ3n) is 5.57. The first kappa shape index (κ1) is 17.5. The summed E-state index contributed by atoms with van der Waals surface area (Å²) in [6.07, 6.45) is 6.59. The van der Waals surface area contributed by atoms with Gasteiger partial charge in [0.2, 0.25) is 5.95 Å². The van der Waals surface area contributed by atoms with E-state index in [0.29, 0.717) is 12.0 Å². The summed E-state index contributed by atoms with van der Waals surface area (Å²) in [6, 6.07) is 6.36. The molecule has 1 aromatic heterocycles. The number of hydrogen-bond acceptors (Lipinski definition) is 6. The number of likely N-dealkylation sites (tertiary alicyclic amines) is 1. The van der Waals surface area contributed by atoms with E-state index in [1.54, 1.807) is 0 Å². The van der Waals surface area contributed by atoms with Crippen LogP contribution in [0.3, 0.4) is 0 Å². The summed E-state index contributed by atoms with van der Waals surface area (Å²) >= 11 is 0. The van der Waals surface area contributed by atoms with Crippen LogP contribution in [0, 0.1) is 0 Å². The van der Waals surface area contributed by atoms with Crippen LogP contribution >= 0.6 is 0 Å². The smallest absolute Gasteiger partial charge is 0.223 e. The van der Waals surface area contributed by atoms with Crippen LogP contribution in [0.1, 0.15) is 39.0 Å². The van der Waals surface area contributed by atoms with Crippen LogP contribution in [0.2, 0.25) is 0 Å². The van der Waals surface area contributed by atoms with Gasteiger partial charge >= 0.3 is 0 Å². The van der Waals surface area contributed by atoms with E-state index in [-0.39, 0.29) is 12.2 Å². The van der Waals surface area contributed by atoms with E-state index in [1.807, 2.05) is 24.4 Å². The van der Waals surface area contributed by atoms with Gasteiger partial charge < -0.3 is 15.2 Å². The van der Waals surface area contributed by atoms with Crippen molar-refractivity contribution in [1.29, 1.82) is 0 Å². The third kappa shape index (κ3) is 3.91. The summed E-state index contributed by atoms with van der Waals surface area (Å²) in [5.74, 6) is 1.49. The van der Waals surface area contributed by atoms with Crippen molar-refractivity contribution >= 4 is 16.9 Å². The number of nitrogens with zero attached hydrogens (tertiary/aromatic N) is 3. The van der Waals surface area contributed by atoms with Gasteiger partial charge in [-0.2, -0.15) is 0 Å². The van der Waals surface area contributed by atoms with E-state index < -0.39 is 0 Å². The molecule has 26 heavy (non-hydrogen) atoms. The van der Waals surface area contributed by atoms with Crippen LogP contribution < -0.4 is 10.1 Å². The second kappa shape index (κ2) is 7.76. The van der Waals surface area contributed by atoms with Gasteiger partial charge in [-0.3, -0.25) is 4.90 Å². The Hall–Kier alpha value is -1.92. The fourth-order valence-electron chi connectivity index (χ4n) is 3.96. The lowest BCUT2D eigenvalue weighted by molar-refractivity contribution is 0.126. The van der Waals surface area contributed by atoms with Crippen molar-refractivity contribution in [1.82, 2.24) is 14.9 Å². The molecule has 2 aliphatic rings. The number of benzene rings is 1. The zero-order chi connectivity index (χ0) is 17.9. The Balaban J connectivity index is 1.51. The van der Waals surface area contributed by atoms with Crippen LogP contribution in [0.15, 0.2) is 24.4 Å². The number of anilines is 1. The maximum absolute atomic E-state index is 9.66. The molecular formula is C20H28N4O2. The number of hydrogen-bond donors (Lipinski definition) is 2. The highest BCUT2D eigenvalue weighted by Crippen LogP contribution is 2.28. The lowest BCUT2D eigenvalue weighted by atomic mass is 9.93. The number of aliphatic hydroxyl groups excluding tert-OH is 1. The zero-order valence-corrected chi connectivity index (χ0v) is 15.4. The number of aromatic nitrogens is 2. The highest BCUT2D eigenvalue weighted by Gasteiger charge is 2.24. The van der Waals surface area contributed by atoms with Gasteiger partial charge in [-0.1, -0.05) is 19.1 Å². The first-order chi connectivity index (χ1) is 12.7. The molecule has 140 valence electrons. The Morgan fingerprint density at radius 1 is 1.23 bits per heavy atom. The summed E-state index contributed by atoms with van der Waals surface area (Å²) in [7, 11) is 0. The van der Waals surface area contributed by atoms with Gasteiger partial charge in [-0.25, -0.2) is 9.97 Å². The molecular weight excluding hydrogens is 328 g/mol. The van der Waals surface area contributed by atoms with E-state index in [0.717, 1.165) is 68.4 Å².